The number of nitrogens with zero attached hydrogens (tertiary/aromatic N) is 1. The fraction of sp³-hybridized carbons (Fsp3) is 0.945. The van der Waals surface area contributed by atoms with Gasteiger partial charge in [-0.15, -0.1) is 0 Å². The number of rotatable bonds is 23. The topological polar surface area (TPSA) is 198 Å². The zero-order valence-corrected chi connectivity index (χ0v) is 45.9. The van der Waals surface area contributed by atoms with Crippen molar-refractivity contribution >= 4 is 29.6 Å². The molecule has 9 aliphatic rings. The standard InChI is InChI=1S/C55H93N5O11S/c1-9-68-48(51(5,6)65)36-30-34(2)44-46(70-36)47(63)53(8)39-15-14-38-50(3,4)40(16-18-54(38)33-55(39,54)20-19-52(44,53)7)71-43-31-60(24-27-69-43)23-21-56-42(62)17-25-66-28-29-67-26-22-57-41(61)13-11-10-12-37-45-35(32-72-37)58-49(64)59-45/h34-40,43-48,63,65H,9-33H2,1-8H3,(H,56,62)(H,57,61)(H2,58,59,64)/t34-,35?,36?,37?,38+,39?,40?,43+,44+,45?,46?,47+,48?,52?,53-,54?,55?/m1/s1. The molecule has 9 fully saturated rings. The number of carbonyl (C=O) groups excluding carboxylic acids is 3. The van der Waals surface area contributed by atoms with Crippen molar-refractivity contribution < 1.29 is 53.0 Å². The summed E-state index contributed by atoms with van der Waals surface area (Å²) in [5.74, 6) is 2.56. The molecule has 11 unspecified atom stereocenters. The maximum Gasteiger partial charge on any atom is 0.315 e. The molecule has 4 amide bonds. The number of morpholine rings is 1. The van der Waals surface area contributed by atoms with E-state index >= 15 is 0 Å². The molecule has 17 atom stereocenters. The van der Waals surface area contributed by atoms with Crippen LogP contribution in [0.15, 0.2) is 0 Å². The number of unbranched alkanes of at least 4 members (excludes halogenated alkanes) is 1. The highest BCUT2D eigenvalue weighted by molar-refractivity contribution is 8.00. The molecule has 6 N–H and O–H groups in total. The molecule has 0 aromatic rings. The summed E-state index contributed by atoms with van der Waals surface area (Å²) >= 11 is 1.90. The van der Waals surface area contributed by atoms with E-state index in [0.29, 0.717) is 88.7 Å². The number of aliphatic hydroxyl groups excluding tert-OH is 1. The fourth-order valence-electron chi connectivity index (χ4n) is 17.4. The summed E-state index contributed by atoms with van der Waals surface area (Å²) < 4.78 is 37.7. The molecule has 5 aliphatic carbocycles. The molecule has 4 heterocycles. The first-order chi connectivity index (χ1) is 34.3. The van der Waals surface area contributed by atoms with Gasteiger partial charge in [-0.3, -0.25) is 14.5 Å². The smallest absolute Gasteiger partial charge is 0.315 e. The van der Waals surface area contributed by atoms with Crippen molar-refractivity contribution in [2.75, 3.05) is 78.1 Å². The van der Waals surface area contributed by atoms with Gasteiger partial charge in [0.15, 0.2) is 6.29 Å². The number of carbonyl (C=O) groups is 3. The van der Waals surface area contributed by atoms with E-state index in [0.717, 1.165) is 70.2 Å². The van der Waals surface area contributed by atoms with Crippen molar-refractivity contribution in [3.8, 4) is 0 Å². The van der Waals surface area contributed by atoms with Gasteiger partial charge in [0.25, 0.3) is 0 Å². The van der Waals surface area contributed by atoms with Gasteiger partial charge in [-0.2, -0.15) is 11.8 Å². The van der Waals surface area contributed by atoms with E-state index in [-0.39, 0.29) is 93.9 Å². The minimum Gasteiger partial charge on any atom is -0.390 e. The van der Waals surface area contributed by atoms with Crippen LogP contribution in [0.5, 0.6) is 0 Å². The van der Waals surface area contributed by atoms with Crippen molar-refractivity contribution in [1.82, 2.24) is 26.2 Å². The van der Waals surface area contributed by atoms with Crippen molar-refractivity contribution in [1.29, 1.82) is 0 Å². The minimum atomic E-state index is -1.04. The third-order valence-electron chi connectivity index (χ3n) is 20.8. The van der Waals surface area contributed by atoms with Crippen LogP contribution in [0.3, 0.4) is 0 Å². The van der Waals surface area contributed by atoms with E-state index in [2.05, 4.69) is 60.8 Å². The molecule has 17 heteroatoms. The number of ether oxygens (including phenoxy) is 6. The van der Waals surface area contributed by atoms with Crippen LogP contribution in [0, 0.1) is 50.7 Å². The Kier molecular flexibility index (Phi) is 16.7. The fourth-order valence-corrected chi connectivity index (χ4v) is 18.9. The van der Waals surface area contributed by atoms with E-state index in [4.69, 9.17) is 28.4 Å². The quantitative estimate of drug-likeness (QED) is 0.0563. The van der Waals surface area contributed by atoms with E-state index < -0.39 is 17.8 Å². The molecule has 410 valence electrons. The predicted octanol–water partition coefficient (Wildman–Crippen LogP) is 5.40. The second kappa shape index (κ2) is 21.9. The lowest BCUT2D eigenvalue weighted by atomic mass is 9.41. The van der Waals surface area contributed by atoms with E-state index in [9.17, 15) is 24.6 Å². The average Bonchev–Trinajstić information content (AvgIpc) is 3.52. The summed E-state index contributed by atoms with van der Waals surface area (Å²) in [6.07, 6.45) is 10.7. The van der Waals surface area contributed by atoms with Crippen molar-refractivity contribution in [3.63, 3.8) is 0 Å². The molecule has 0 aromatic heterocycles. The Bertz CT molecular complexity index is 1910. The lowest BCUT2D eigenvalue weighted by Gasteiger charge is -2.64. The summed E-state index contributed by atoms with van der Waals surface area (Å²) in [5.41, 5.74) is -0.825. The lowest BCUT2D eigenvalue weighted by Crippen LogP contribution is -2.60. The number of fused-ring (bicyclic) bond motifs is 5. The van der Waals surface area contributed by atoms with Crippen LogP contribution < -0.4 is 21.3 Å². The Morgan fingerprint density at radius 2 is 1.68 bits per heavy atom. The molecule has 9 rings (SSSR count). The van der Waals surface area contributed by atoms with Crippen LogP contribution in [0.25, 0.3) is 0 Å². The summed E-state index contributed by atoms with van der Waals surface area (Å²) in [5, 5.41) is 36.3. The molecule has 72 heavy (non-hydrogen) atoms. The first-order valence-corrected chi connectivity index (χ1v) is 29.4. The number of thioether (sulfide) groups is 1. The first-order valence-electron chi connectivity index (χ1n) is 28.3. The van der Waals surface area contributed by atoms with E-state index in [1.165, 1.54) is 19.3 Å². The van der Waals surface area contributed by atoms with Gasteiger partial charge >= 0.3 is 6.03 Å². The largest absolute Gasteiger partial charge is 0.390 e. The van der Waals surface area contributed by atoms with Crippen molar-refractivity contribution in [2.24, 2.45) is 50.7 Å². The normalized spacial score (nSPS) is 42.2. The summed E-state index contributed by atoms with van der Waals surface area (Å²) in [7, 11) is 0. The molecular weight excluding hydrogens is 939 g/mol. The summed E-state index contributed by atoms with van der Waals surface area (Å²) in [4.78, 5) is 38.8. The van der Waals surface area contributed by atoms with Gasteiger partial charge in [-0.25, -0.2) is 4.79 Å². The number of urea groups is 1. The Balaban J connectivity index is 0.655. The Morgan fingerprint density at radius 1 is 0.944 bits per heavy atom. The molecule has 0 bridgehead atoms. The minimum absolute atomic E-state index is 0.0191. The van der Waals surface area contributed by atoms with Gasteiger partial charge in [0.05, 0.1) is 75.1 Å². The monoisotopic (exact) mass is 1030 g/mol. The molecule has 5 saturated carbocycles. The molecule has 4 aliphatic heterocycles. The summed E-state index contributed by atoms with van der Waals surface area (Å²) in [6, 6.07) is 0.373. The third kappa shape index (κ3) is 10.3. The molecule has 4 saturated heterocycles. The third-order valence-corrected chi connectivity index (χ3v) is 22.3. The second-order valence-corrected chi connectivity index (χ2v) is 26.6. The molecule has 16 nitrogen and oxygen atoms in total. The maximum atomic E-state index is 12.7. The highest BCUT2D eigenvalue weighted by Gasteiger charge is 2.84. The second-order valence-electron chi connectivity index (χ2n) is 25.4. The molecule has 0 aromatic carbocycles. The van der Waals surface area contributed by atoms with Crippen LogP contribution >= 0.6 is 11.8 Å². The van der Waals surface area contributed by atoms with Gasteiger partial charge in [0, 0.05) is 68.6 Å². The van der Waals surface area contributed by atoms with Crippen molar-refractivity contribution in [2.45, 2.75) is 199 Å². The van der Waals surface area contributed by atoms with Gasteiger partial charge in [0.2, 0.25) is 11.8 Å². The number of aliphatic hydroxyl groups is 2. The SMILES string of the molecule is CCOC(C1C[C@@H](C)[C@H]2C(O1)[C@H](O)[C@@]1(C)C3CC[C@H]4C(C)(C)C(O[C@H]5CN(CCNC(=O)CCOCCOCCNC(=O)CCCCC6SCC7NC(=O)NC76)CCO5)CCC45CC35CCC21C)C(C)(C)O. The van der Waals surface area contributed by atoms with Crippen LogP contribution in [-0.2, 0) is 38.0 Å². The van der Waals surface area contributed by atoms with Crippen LogP contribution in [0.2, 0.25) is 0 Å². The maximum absolute atomic E-state index is 12.7. The Labute approximate surface area is 434 Å². The van der Waals surface area contributed by atoms with E-state index in [1.54, 1.807) is 0 Å². The van der Waals surface area contributed by atoms with E-state index in [1.807, 2.05) is 32.5 Å². The Hall–Kier alpha value is -1.80. The number of hydrogen-bond acceptors (Lipinski definition) is 13. The van der Waals surface area contributed by atoms with Gasteiger partial charge in [-0.1, -0.05) is 41.0 Å². The van der Waals surface area contributed by atoms with Crippen LogP contribution in [0.1, 0.15) is 139 Å². The highest BCUT2D eigenvalue weighted by atomic mass is 32.2. The molecule has 0 radical (unpaired) electrons. The van der Waals surface area contributed by atoms with Crippen molar-refractivity contribution in [3.05, 3.63) is 0 Å². The van der Waals surface area contributed by atoms with Gasteiger partial charge < -0.3 is 59.9 Å². The lowest BCUT2D eigenvalue weighted by molar-refractivity contribution is -0.248. The molecular formula is C55H93N5O11S. The predicted molar refractivity (Wildman–Crippen MR) is 275 cm³/mol. The first kappa shape index (κ1) is 55.0. The van der Waals surface area contributed by atoms with Gasteiger partial charge in [-0.05, 0) is 130 Å². The summed E-state index contributed by atoms with van der Waals surface area (Å²) in [6.45, 7) is 23.7. The average molecular weight is 1030 g/mol. The van der Waals surface area contributed by atoms with Crippen LogP contribution in [0.4, 0.5) is 4.79 Å². The highest BCUT2D eigenvalue weighted by Crippen LogP contribution is 2.89. The number of amides is 4. The number of hydrogen-bond donors (Lipinski definition) is 6. The number of nitrogens with one attached hydrogen (secondary N) is 4. The zero-order valence-electron chi connectivity index (χ0n) is 45.1. The zero-order chi connectivity index (χ0) is 51.3. The molecule has 2 spiro atoms. The van der Waals surface area contributed by atoms with Gasteiger partial charge in [0.1, 0.15) is 6.10 Å². The van der Waals surface area contributed by atoms with Crippen LogP contribution in [-0.4, -0.2) is 171 Å². The Morgan fingerprint density at radius 3 is 2.46 bits per heavy atom.